The summed E-state index contributed by atoms with van der Waals surface area (Å²) in [5.74, 6) is 0.157. The highest BCUT2D eigenvalue weighted by Crippen LogP contribution is 2.32. The number of thioether (sulfide) groups is 1. The Bertz CT molecular complexity index is 1400. The molecule has 1 aliphatic heterocycles. The zero-order chi connectivity index (χ0) is 23.5. The summed E-state index contributed by atoms with van der Waals surface area (Å²) in [6.45, 7) is 0.313. The summed E-state index contributed by atoms with van der Waals surface area (Å²) in [5.41, 5.74) is 4.09. The van der Waals surface area contributed by atoms with Crippen LogP contribution in [0.4, 0.5) is 4.39 Å². The number of nitrogens with zero attached hydrogens (tertiary/aromatic N) is 2. The fourth-order valence-electron chi connectivity index (χ4n) is 3.47. The molecule has 5 nitrogen and oxygen atoms in total. The van der Waals surface area contributed by atoms with E-state index in [1.807, 2.05) is 60.8 Å². The lowest BCUT2D eigenvalue weighted by Crippen LogP contribution is -2.17. The van der Waals surface area contributed by atoms with Gasteiger partial charge in [0.15, 0.2) is 0 Å². The average Bonchev–Trinajstić information content (AvgIpc) is 3.42. The van der Waals surface area contributed by atoms with Crippen molar-refractivity contribution >= 4 is 40.3 Å². The topological polar surface area (TPSA) is 56.2 Å². The van der Waals surface area contributed by atoms with E-state index in [2.05, 4.69) is 5.32 Å². The standard InChI is InChI=1S/C26H18FN3O2S2/c27-20-11-9-17(10-12-20)16-32-22-8-4-5-18(13-22)24-19(14-23-25(31)28-26(33)34-23)15-30(29-24)21-6-2-1-3-7-21/h1-15H,16H2,(H,28,31,33)/b23-14-. The van der Waals surface area contributed by atoms with Gasteiger partial charge in [-0.25, -0.2) is 9.07 Å². The van der Waals surface area contributed by atoms with E-state index in [1.165, 1.54) is 23.9 Å². The van der Waals surface area contributed by atoms with Gasteiger partial charge in [-0.15, -0.1) is 0 Å². The Kier molecular flexibility index (Phi) is 6.24. The number of nitrogens with one attached hydrogen (secondary N) is 1. The molecule has 8 heteroatoms. The number of thiocarbonyl (C=S) groups is 1. The first kappa shape index (κ1) is 22.1. The number of aromatic nitrogens is 2. The zero-order valence-electron chi connectivity index (χ0n) is 17.8. The van der Waals surface area contributed by atoms with Crippen molar-refractivity contribution in [2.24, 2.45) is 0 Å². The number of halogens is 1. The van der Waals surface area contributed by atoms with E-state index in [4.69, 9.17) is 22.1 Å². The molecule has 2 heterocycles. The van der Waals surface area contributed by atoms with Crippen LogP contribution < -0.4 is 10.1 Å². The Morgan fingerprint density at radius 2 is 1.85 bits per heavy atom. The van der Waals surface area contributed by atoms with Crippen LogP contribution in [0.15, 0.2) is 90.0 Å². The smallest absolute Gasteiger partial charge is 0.263 e. The van der Waals surface area contributed by atoms with Crippen molar-refractivity contribution in [2.45, 2.75) is 6.61 Å². The Morgan fingerprint density at radius 1 is 1.06 bits per heavy atom. The predicted molar refractivity (Wildman–Crippen MR) is 136 cm³/mol. The highest BCUT2D eigenvalue weighted by molar-refractivity contribution is 8.26. The number of benzene rings is 3. The lowest BCUT2D eigenvalue weighted by atomic mass is 10.1. The molecule has 1 saturated heterocycles. The second-order valence-corrected chi connectivity index (χ2v) is 9.23. The molecule has 3 aromatic carbocycles. The summed E-state index contributed by atoms with van der Waals surface area (Å²) in [7, 11) is 0. The number of para-hydroxylation sites is 1. The number of ether oxygens (including phenoxy) is 1. The summed E-state index contributed by atoms with van der Waals surface area (Å²) >= 11 is 6.35. The molecule has 1 amide bonds. The van der Waals surface area contributed by atoms with Gasteiger partial charge in [0.05, 0.1) is 10.6 Å². The van der Waals surface area contributed by atoms with E-state index in [-0.39, 0.29) is 11.7 Å². The number of amides is 1. The Morgan fingerprint density at radius 3 is 2.59 bits per heavy atom. The van der Waals surface area contributed by atoms with Gasteiger partial charge in [0.1, 0.15) is 28.2 Å². The number of carbonyl (C=O) groups is 1. The third-order valence-corrected chi connectivity index (χ3v) is 6.28. The third-order valence-electron chi connectivity index (χ3n) is 5.12. The number of rotatable bonds is 6. The van der Waals surface area contributed by atoms with Gasteiger partial charge in [0.2, 0.25) is 0 Å². The monoisotopic (exact) mass is 487 g/mol. The van der Waals surface area contributed by atoms with E-state index >= 15 is 0 Å². The molecule has 1 fully saturated rings. The van der Waals surface area contributed by atoms with Crippen molar-refractivity contribution < 1.29 is 13.9 Å². The summed E-state index contributed by atoms with van der Waals surface area (Å²) in [6, 6.07) is 23.5. The van der Waals surface area contributed by atoms with Gasteiger partial charge in [0, 0.05) is 17.3 Å². The summed E-state index contributed by atoms with van der Waals surface area (Å²) in [6.07, 6.45) is 3.69. The second-order valence-electron chi connectivity index (χ2n) is 7.51. The van der Waals surface area contributed by atoms with Crippen LogP contribution in [0.25, 0.3) is 23.0 Å². The lowest BCUT2D eigenvalue weighted by Gasteiger charge is -2.08. The number of carbonyl (C=O) groups excluding carboxylic acids is 1. The van der Waals surface area contributed by atoms with Crippen molar-refractivity contribution in [2.75, 3.05) is 0 Å². The van der Waals surface area contributed by atoms with E-state index in [9.17, 15) is 9.18 Å². The van der Waals surface area contributed by atoms with Crippen LogP contribution in [0.3, 0.4) is 0 Å². The molecule has 0 unspecified atom stereocenters. The van der Waals surface area contributed by atoms with E-state index in [1.54, 1.807) is 22.9 Å². The fourth-order valence-corrected chi connectivity index (χ4v) is 4.51. The summed E-state index contributed by atoms with van der Waals surface area (Å²) in [4.78, 5) is 12.8. The molecule has 0 atom stereocenters. The Balaban J connectivity index is 1.49. The minimum atomic E-state index is -0.281. The van der Waals surface area contributed by atoms with Gasteiger partial charge >= 0.3 is 0 Å². The molecular weight excluding hydrogens is 469 g/mol. The molecule has 168 valence electrons. The maximum absolute atomic E-state index is 13.2. The molecular formula is C26H18FN3O2S2. The van der Waals surface area contributed by atoms with Gasteiger partial charge < -0.3 is 10.1 Å². The molecule has 0 aliphatic carbocycles. The molecule has 0 radical (unpaired) electrons. The minimum absolute atomic E-state index is 0.218. The van der Waals surface area contributed by atoms with Crippen LogP contribution in [-0.4, -0.2) is 20.0 Å². The second kappa shape index (κ2) is 9.62. The summed E-state index contributed by atoms with van der Waals surface area (Å²) < 4.78 is 21.3. The van der Waals surface area contributed by atoms with Crippen LogP contribution in [0.1, 0.15) is 11.1 Å². The van der Waals surface area contributed by atoms with Crippen LogP contribution in [0.2, 0.25) is 0 Å². The largest absolute Gasteiger partial charge is 0.489 e. The Labute approximate surface area is 205 Å². The van der Waals surface area contributed by atoms with Gasteiger partial charge in [-0.2, -0.15) is 5.10 Å². The normalized spacial score (nSPS) is 14.4. The van der Waals surface area contributed by atoms with Gasteiger partial charge in [-0.05, 0) is 48.0 Å². The lowest BCUT2D eigenvalue weighted by molar-refractivity contribution is -0.115. The van der Waals surface area contributed by atoms with Crippen molar-refractivity contribution in [3.8, 4) is 22.7 Å². The maximum Gasteiger partial charge on any atom is 0.263 e. The first-order valence-corrected chi connectivity index (χ1v) is 11.7. The Hall–Kier alpha value is -3.75. The molecule has 1 N–H and O–H groups in total. The van der Waals surface area contributed by atoms with Crippen LogP contribution in [0, 0.1) is 5.82 Å². The number of hydrogen-bond donors (Lipinski definition) is 1. The van der Waals surface area contributed by atoms with Crippen molar-refractivity contribution in [3.05, 3.63) is 107 Å². The minimum Gasteiger partial charge on any atom is -0.489 e. The van der Waals surface area contributed by atoms with Gasteiger partial charge in [-0.1, -0.05) is 66.4 Å². The van der Waals surface area contributed by atoms with Crippen LogP contribution >= 0.6 is 24.0 Å². The molecule has 1 aromatic heterocycles. The van der Waals surface area contributed by atoms with Crippen molar-refractivity contribution in [3.63, 3.8) is 0 Å². The SMILES string of the molecule is O=C1NC(=S)S/C1=C\c1cn(-c2ccccc2)nc1-c1cccc(OCc2ccc(F)cc2)c1. The van der Waals surface area contributed by atoms with Gasteiger partial charge in [-0.3, -0.25) is 4.79 Å². The molecule has 0 spiro atoms. The predicted octanol–water partition coefficient (Wildman–Crippen LogP) is 5.75. The van der Waals surface area contributed by atoms with Gasteiger partial charge in [0.25, 0.3) is 5.91 Å². The van der Waals surface area contributed by atoms with Crippen molar-refractivity contribution in [1.29, 1.82) is 0 Å². The first-order valence-electron chi connectivity index (χ1n) is 10.4. The zero-order valence-corrected chi connectivity index (χ0v) is 19.4. The molecule has 1 aliphatic rings. The summed E-state index contributed by atoms with van der Waals surface area (Å²) in [5, 5.41) is 7.45. The quantitative estimate of drug-likeness (QED) is 0.277. The molecule has 0 bridgehead atoms. The average molecular weight is 488 g/mol. The van der Waals surface area contributed by atoms with Crippen LogP contribution in [-0.2, 0) is 11.4 Å². The fraction of sp³-hybridized carbons (Fsp3) is 0.0385. The van der Waals surface area contributed by atoms with E-state index in [0.29, 0.717) is 27.3 Å². The van der Waals surface area contributed by atoms with E-state index in [0.717, 1.165) is 22.4 Å². The van der Waals surface area contributed by atoms with Crippen molar-refractivity contribution in [1.82, 2.24) is 15.1 Å². The highest BCUT2D eigenvalue weighted by Gasteiger charge is 2.23. The highest BCUT2D eigenvalue weighted by atomic mass is 32.2. The molecule has 5 rings (SSSR count). The number of hydrogen-bond acceptors (Lipinski definition) is 5. The molecule has 0 saturated carbocycles. The third kappa shape index (κ3) is 4.93. The molecule has 34 heavy (non-hydrogen) atoms. The maximum atomic E-state index is 13.2. The van der Waals surface area contributed by atoms with E-state index < -0.39 is 0 Å². The van der Waals surface area contributed by atoms with Crippen LogP contribution in [0.5, 0.6) is 5.75 Å². The molecule has 4 aromatic rings. The first-order chi connectivity index (χ1) is 16.5.